The van der Waals surface area contributed by atoms with Crippen molar-refractivity contribution in [1.29, 1.82) is 0 Å². The van der Waals surface area contributed by atoms with Gasteiger partial charge < -0.3 is 10.6 Å². The molecule has 0 radical (unpaired) electrons. The molecule has 0 unspecified atom stereocenters. The standard InChI is InChI=1S/C12H13ClF2N2O/c13-9-6-11(15)10(14)5-8(9)12(18)17-7-1-3-16-4-2-7/h5-7,16H,1-4H2,(H,17,18). The minimum absolute atomic E-state index is 0.0332. The lowest BCUT2D eigenvalue weighted by Crippen LogP contribution is -2.42. The Morgan fingerprint density at radius 1 is 1.28 bits per heavy atom. The first kappa shape index (κ1) is 13.2. The summed E-state index contributed by atoms with van der Waals surface area (Å²) < 4.78 is 26.0. The van der Waals surface area contributed by atoms with E-state index in [9.17, 15) is 13.6 Å². The third-order valence-corrected chi connectivity index (χ3v) is 3.24. The molecule has 3 nitrogen and oxygen atoms in total. The number of amides is 1. The molecule has 1 amide bonds. The number of carbonyl (C=O) groups is 1. The van der Waals surface area contributed by atoms with Gasteiger partial charge in [-0.05, 0) is 38.1 Å². The van der Waals surface area contributed by atoms with Crippen LogP contribution >= 0.6 is 11.6 Å². The van der Waals surface area contributed by atoms with Crippen molar-refractivity contribution >= 4 is 17.5 Å². The van der Waals surface area contributed by atoms with Crippen LogP contribution in [0, 0.1) is 11.6 Å². The van der Waals surface area contributed by atoms with Crippen LogP contribution in [0.5, 0.6) is 0 Å². The van der Waals surface area contributed by atoms with Gasteiger partial charge >= 0.3 is 0 Å². The maximum absolute atomic E-state index is 13.1. The molecule has 2 N–H and O–H groups in total. The van der Waals surface area contributed by atoms with Crippen molar-refractivity contribution in [2.75, 3.05) is 13.1 Å². The number of carbonyl (C=O) groups excluding carboxylic acids is 1. The second kappa shape index (κ2) is 5.63. The Kier molecular flexibility index (Phi) is 4.14. The van der Waals surface area contributed by atoms with Crippen LogP contribution in [0.2, 0.25) is 5.02 Å². The summed E-state index contributed by atoms with van der Waals surface area (Å²) in [6.45, 7) is 1.66. The van der Waals surface area contributed by atoms with Crippen molar-refractivity contribution in [3.8, 4) is 0 Å². The van der Waals surface area contributed by atoms with Crippen LogP contribution < -0.4 is 10.6 Å². The van der Waals surface area contributed by atoms with Crippen molar-refractivity contribution in [2.45, 2.75) is 18.9 Å². The molecule has 0 bridgehead atoms. The van der Waals surface area contributed by atoms with Crippen molar-refractivity contribution in [2.24, 2.45) is 0 Å². The van der Waals surface area contributed by atoms with Gasteiger partial charge in [-0.15, -0.1) is 0 Å². The number of nitrogens with one attached hydrogen (secondary N) is 2. The Bertz CT molecular complexity index is 462. The summed E-state index contributed by atoms with van der Waals surface area (Å²) in [5, 5.41) is 5.86. The van der Waals surface area contributed by atoms with Gasteiger partial charge in [-0.2, -0.15) is 0 Å². The predicted molar refractivity (Wildman–Crippen MR) is 64.7 cm³/mol. The van der Waals surface area contributed by atoms with Crippen molar-refractivity contribution in [3.63, 3.8) is 0 Å². The first-order valence-corrected chi connectivity index (χ1v) is 6.12. The lowest BCUT2D eigenvalue weighted by molar-refractivity contribution is 0.0929. The van der Waals surface area contributed by atoms with Gasteiger partial charge in [-0.25, -0.2) is 8.78 Å². The van der Waals surface area contributed by atoms with E-state index in [1.165, 1.54) is 0 Å². The van der Waals surface area contributed by atoms with E-state index in [0.717, 1.165) is 38.1 Å². The predicted octanol–water partition coefficient (Wildman–Crippen LogP) is 2.10. The minimum Gasteiger partial charge on any atom is -0.349 e. The Balaban J connectivity index is 2.10. The zero-order valence-corrected chi connectivity index (χ0v) is 10.4. The van der Waals surface area contributed by atoms with E-state index in [2.05, 4.69) is 10.6 Å². The van der Waals surface area contributed by atoms with Gasteiger partial charge in [0, 0.05) is 6.04 Å². The highest BCUT2D eigenvalue weighted by atomic mass is 35.5. The second-order valence-corrected chi connectivity index (χ2v) is 4.65. The summed E-state index contributed by atoms with van der Waals surface area (Å²) in [4.78, 5) is 11.9. The lowest BCUT2D eigenvalue weighted by atomic mass is 10.1. The number of piperidine rings is 1. The zero-order chi connectivity index (χ0) is 13.1. The minimum atomic E-state index is -1.07. The Morgan fingerprint density at radius 2 is 1.89 bits per heavy atom. The van der Waals surface area contributed by atoms with Crippen molar-refractivity contribution in [1.82, 2.24) is 10.6 Å². The van der Waals surface area contributed by atoms with Crippen LogP contribution in [0.25, 0.3) is 0 Å². The van der Waals surface area contributed by atoms with Gasteiger partial charge in [0.1, 0.15) is 0 Å². The first-order valence-electron chi connectivity index (χ1n) is 5.74. The van der Waals surface area contributed by atoms with Gasteiger partial charge in [0.25, 0.3) is 5.91 Å². The Hall–Kier alpha value is -1.20. The van der Waals surface area contributed by atoms with Crippen LogP contribution in [-0.2, 0) is 0 Å². The number of benzene rings is 1. The molecule has 6 heteroatoms. The number of hydrogen-bond donors (Lipinski definition) is 2. The quantitative estimate of drug-likeness (QED) is 0.811. The van der Waals surface area contributed by atoms with Gasteiger partial charge in [0.2, 0.25) is 0 Å². The van der Waals surface area contributed by atoms with Gasteiger partial charge in [0.05, 0.1) is 10.6 Å². The molecule has 1 aliphatic heterocycles. The summed E-state index contributed by atoms with van der Waals surface area (Å²) in [6, 6.07) is 1.69. The largest absolute Gasteiger partial charge is 0.349 e. The summed E-state index contributed by atoms with van der Waals surface area (Å²) in [7, 11) is 0. The fourth-order valence-electron chi connectivity index (χ4n) is 1.93. The summed E-state index contributed by atoms with van der Waals surface area (Å²) >= 11 is 5.73. The smallest absolute Gasteiger partial charge is 0.253 e. The van der Waals surface area contributed by atoms with Crippen LogP contribution in [0.3, 0.4) is 0 Å². The molecular weight excluding hydrogens is 262 g/mol. The zero-order valence-electron chi connectivity index (χ0n) is 9.60. The van der Waals surface area contributed by atoms with Crippen LogP contribution in [0.4, 0.5) is 8.78 Å². The third-order valence-electron chi connectivity index (χ3n) is 2.93. The van der Waals surface area contributed by atoms with Crippen molar-refractivity contribution in [3.05, 3.63) is 34.4 Å². The SMILES string of the molecule is O=C(NC1CCNCC1)c1cc(F)c(F)cc1Cl. The average molecular weight is 275 g/mol. The van der Waals surface area contributed by atoms with Gasteiger partial charge in [-0.3, -0.25) is 4.79 Å². The van der Waals surface area contributed by atoms with Crippen LogP contribution in [0.15, 0.2) is 12.1 Å². The molecular formula is C12H13ClF2N2O. The summed E-state index contributed by atoms with van der Waals surface area (Å²) in [5.41, 5.74) is -0.0332. The van der Waals surface area contributed by atoms with Gasteiger partial charge in [-0.1, -0.05) is 11.6 Å². The second-order valence-electron chi connectivity index (χ2n) is 4.24. The van der Waals surface area contributed by atoms with E-state index in [4.69, 9.17) is 11.6 Å². The summed E-state index contributed by atoms with van der Waals surface area (Å²) in [6.07, 6.45) is 1.63. The average Bonchev–Trinajstić information content (AvgIpc) is 2.35. The molecule has 18 heavy (non-hydrogen) atoms. The molecule has 1 aliphatic rings. The molecule has 1 aromatic rings. The fraction of sp³-hybridized carbons (Fsp3) is 0.417. The lowest BCUT2D eigenvalue weighted by Gasteiger charge is -2.23. The fourth-order valence-corrected chi connectivity index (χ4v) is 2.16. The van der Waals surface area contributed by atoms with E-state index in [0.29, 0.717) is 0 Å². The van der Waals surface area contributed by atoms with E-state index < -0.39 is 17.5 Å². The molecule has 1 fully saturated rings. The Labute approximate surface area is 109 Å². The number of rotatable bonds is 2. The molecule has 0 aliphatic carbocycles. The van der Waals surface area contributed by atoms with Crippen LogP contribution in [-0.4, -0.2) is 25.0 Å². The van der Waals surface area contributed by atoms with E-state index in [1.807, 2.05) is 0 Å². The first-order chi connectivity index (χ1) is 8.58. The maximum Gasteiger partial charge on any atom is 0.253 e. The molecule has 0 spiro atoms. The molecule has 1 aromatic carbocycles. The molecule has 0 aromatic heterocycles. The maximum atomic E-state index is 13.1. The molecule has 98 valence electrons. The Morgan fingerprint density at radius 3 is 2.56 bits per heavy atom. The van der Waals surface area contributed by atoms with E-state index >= 15 is 0 Å². The molecule has 0 saturated carbocycles. The highest BCUT2D eigenvalue weighted by molar-refractivity contribution is 6.33. The number of halogens is 3. The highest BCUT2D eigenvalue weighted by Crippen LogP contribution is 2.20. The van der Waals surface area contributed by atoms with Crippen LogP contribution in [0.1, 0.15) is 23.2 Å². The normalized spacial score (nSPS) is 16.6. The number of hydrogen-bond acceptors (Lipinski definition) is 2. The van der Waals surface area contributed by atoms with E-state index in [-0.39, 0.29) is 16.6 Å². The van der Waals surface area contributed by atoms with Crippen molar-refractivity contribution < 1.29 is 13.6 Å². The highest BCUT2D eigenvalue weighted by Gasteiger charge is 2.19. The third kappa shape index (κ3) is 2.97. The molecule has 2 rings (SSSR count). The molecule has 1 saturated heterocycles. The van der Waals surface area contributed by atoms with E-state index in [1.54, 1.807) is 0 Å². The monoisotopic (exact) mass is 274 g/mol. The summed E-state index contributed by atoms with van der Waals surface area (Å²) in [5.74, 6) is -2.60. The molecule has 1 heterocycles. The topological polar surface area (TPSA) is 41.1 Å². The molecule has 0 atom stereocenters. The van der Waals surface area contributed by atoms with Gasteiger partial charge in [0.15, 0.2) is 11.6 Å².